The van der Waals surface area contributed by atoms with Gasteiger partial charge >= 0.3 is 0 Å². The van der Waals surface area contributed by atoms with Crippen molar-refractivity contribution in [2.45, 2.75) is 71.9 Å². The average molecular weight is 249 g/mol. The zero-order chi connectivity index (χ0) is 13.7. The first kappa shape index (κ1) is 13.6. The molecule has 3 nitrogen and oxygen atoms in total. The van der Waals surface area contributed by atoms with Crippen molar-refractivity contribution in [3.8, 4) is 0 Å². The van der Waals surface area contributed by atoms with Gasteiger partial charge in [0.25, 0.3) is 0 Å². The monoisotopic (exact) mass is 249 g/mol. The Hall–Kier alpha value is -0.830. The smallest absolute Gasteiger partial charge is 0.0628 e. The maximum atomic E-state index is 6.21. The molecule has 0 radical (unpaired) electrons. The summed E-state index contributed by atoms with van der Waals surface area (Å²) in [5.41, 5.74) is 9.08. The maximum Gasteiger partial charge on any atom is 0.0628 e. The number of nitrogens with two attached hydrogens (primary N) is 1. The van der Waals surface area contributed by atoms with Crippen LogP contribution in [-0.4, -0.2) is 15.8 Å². The van der Waals surface area contributed by atoms with Crippen molar-refractivity contribution >= 4 is 0 Å². The van der Waals surface area contributed by atoms with Crippen molar-refractivity contribution in [3.63, 3.8) is 0 Å². The molecule has 2 N–H and O–H groups in total. The molecule has 0 aromatic carbocycles. The van der Waals surface area contributed by atoms with Crippen LogP contribution in [-0.2, 0) is 5.54 Å². The molecule has 0 amide bonds. The fourth-order valence-electron chi connectivity index (χ4n) is 3.04. The van der Waals surface area contributed by atoms with Gasteiger partial charge in [0.05, 0.1) is 11.2 Å². The van der Waals surface area contributed by atoms with E-state index in [1.165, 1.54) is 11.3 Å². The molecular weight excluding hydrogens is 222 g/mol. The Kier molecular flexibility index (Phi) is 3.09. The van der Waals surface area contributed by atoms with Crippen molar-refractivity contribution in [1.82, 2.24) is 9.78 Å². The van der Waals surface area contributed by atoms with Crippen LogP contribution in [0.5, 0.6) is 0 Å². The Morgan fingerprint density at radius 1 is 1.50 bits per heavy atom. The summed E-state index contributed by atoms with van der Waals surface area (Å²) in [7, 11) is 0. The molecule has 0 spiro atoms. The number of nitrogens with zero attached hydrogens (tertiary/aromatic N) is 2. The van der Waals surface area contributed by atoms with E-state index in [2.05, 4.69) is 57.5 Å². The lowest BCUT2D eigenvalue weighted by atomic mass is 9.54. The first-order valence-electron chi connectivity index (χ1n) is 7.02. The molecule has 1 fully saturated rings. The summed E-state index contributed by atoms with van der Waals surface area (Å²) in [6, 6.07) is 0.338. The molecule has 0 aliphatic heterocycles. The van der Waals surface area contributed by atoms with Crippen LogP contribution in [0.3, 0.4) is 0 Å². The second kappa shape index (κ2) is 4.09. The number of aromatic nitrogens is 2. The maximum absolute atomic E-state index is 6.21. The van der Waals surface area contributed by atoms with E-state index in [-0.39, 0.29) is 11.0 Å². The van der Waals surface area contributed by atoms with E-state index < -0.39 is 0 Å². The first-order chi connectivity index (χ1) is 8.20. The molecule has 1 aromatic heterocycles. The Morgan fingerprint density at radius 2 is 2.11 bits per heavy atom. The predicted molar refractivity (Wildman–Crippen MR) is 75.7 cm³/mol. The standard InChI is InChI=1S/C15H27N3/c1-7-15(6)12(8-13(15)16)11-9-18(14(3,4)5)17-10(11)2/h9,12-13H,7-8,16H2,1-6H3. The molecule has 102 valence electrons. The zero-order valence-electron chi connectivity index (χ0n) is 12.6. The molecule has 2 rings (SSSR count). The van der Waals surface area contributed by atoms with E-state index in [0.717, 1.165) is 12.8 Å². The average Bonchev–Trinajstić information content (AvgIpc) is 2.66. The molecule has 3 unspecified atom stereocenters. The highest BCUT2D eigenvalue weighted by atomic mass is 15.3. The molecule has 1 aromatic rings. The van der Waals surface area contributed by atoms with Crippen molar-refractivity contribution in [2.75, 3.05) is 0 Å². The molecule has 0 saturated heterocycles. The van der Waals surface area contributed by atoms with E-state index in [4.69, 9.17) is 5.73 Å². The summed E-state index contributed by atoms with van der Waals surface area (Å²) in [6.07, 6.45) is 4.47. The minimum absolute atomic E-state index is 0.0531. The fourth-order valence-corrected chi connectivity index (χ4v) is 3.04. The molecule has 1 aliphatic carbocycles. The summed E-state index contributed by atoms with van der Waals surface area (Å²) in [6.45, 7) is 13.3. The molecule has 18 heavy (non-hydrogen) atoms. The highest BCUT2D eigenvalue weighted by Crippen LogP contribution is 2.54. The number of hydrogen-bond acceptors (Lipinski definition) is 2. The Morgan fingerprint density at radius 3 is 2.50 bits per heavy atom. The summed E-state index contributed by atoms with van der Waals surface area (Å²) < 4.78 is 2.09. The zero-order valence-corrected chi connectivity index (χ0v) is 12.6. The third kappa shape index (κ3) is 1.89. The van der Waals surface area contributed by atoms with Gasteiger partial charge in [-0.05, 0) is 57.4 Å². The normalized spacial score (nSPS) is 32.4. The number of rotatable bonds is 2. The van der Waals surface area contributed by atoms with Crippen molar-refractivity contribution in [2.24, 2.45) is 11.1 Å². The minimum atomic E-state index is 0.0531. The van der Waals surface area contributed by atoms with Gasteiger partial charge in [-0.1, -0.05) is 13.8 Å². The largest absolute Gasteiger partial charge is 0.327 e. The minimum Gasteiger partial charge on any atom is -0.327 e. The van der Waals surface area contributed by atoms with Gasteiger partial charge in [0.1, 0.15) is 0 Å². The second-order valence-electron chi connectivity index (χ2n) is 7.04. The van der Waals surface area contributed by atoms with E-state index in [1.807, 2.05) is 0 Å². The Balaban J connectivity index is 2.33. The van der Waals surface area contributed by atoms with Crippen molar-refractivity contribution < 1.29 is 0 Å². The highest BCUT2D eigenvalue weighted by Gasteiger charge is 2.49. The summed E-state index contributed by atoms with van der Waals surface area (Å²) in [5.74, 6) is 0.577. The summed E-state index contributed by atoms with van der Waals surface area (Å²) in [5, 5.41) is 4.69. The van der Waals surface area contributed by atoms with Gasteiger partial charge in [-0.3, -0.25) is 4.68 Å². The Bertz CT molecular complexity index is 441. The number of hydrogen-bond donors (Lipinski definition) is 1. The topological polar surface area (TPSA) is 43.8 Å². The lowest BCUT2D eigenvalue weighted by Crippen LogP contribution is -2.54. The molecular formula is C15H27N3. The van der Waals surface area contributed by atoms with Gasteiger partial charge in [-0.2, -0.15) is 5.10 Å². The molecule has 3 heteroatoms. The van der Waals surface area contributed by atoms with Crippen LogP contribution in [0.4, 0.5) is 0 Å². The molecule has 1 aliphatic rings. The van der Waals surface area contributed by atoms with E-state index in [9.17, 15) is 0 Å². The van der Waals surface area contributed by atoms with Crippen molar-refractivity contribution in [1.29, 1.82) is 0 Å². The summed E-state index contributed by atoms with van der Waals surface area (Å²) >= 11 is 0. The van der Waals surface area contributed by atoms with E-state index in [1.54, 1.807) is 0 Å². The van der Waals surface area contributed by atoms with E-state index in [0.29, 0.717) is 12.0 Å². The van der Waals surface area contributed by atoms with Crippen molar-refractivity contribution in [3.05, 3.63) is 17.5 Å². The second-order valence-corrected chi connectivity index (χ2v) is 7.04. The van der Waals surface area contributed by atoms with Crippen LogP contribution < -0.4 is 5.73 Å². The fraction of sp³-hybridized carbons (Fsp3) is 0.800. The van der Waals surface area contributed by atoms with E-state index >= 15 is 0 Å². The summed E-state index contributed by atoms with van der Waals surface area (Å²) in [4.78, 5) is 0. The van der Waals surface area contributed by atoms with Crippen LogP contribution >= 0.6 is 0 Å². The van der Waals surface area contributed by atoms with Gasteiger partial charge < -0.3 is 5.73 Å². The Labute approximate surface area is 111 Å². The van der Waals surface area contributed by atoms with Crippen LogP contribution in [0.2, 0.25) is 0 Å². The third-order valence-corrected chi connectivity index (χ3v) is 4.89. The number of aryl methyl sites for hydroxylation is 1. The van der Waals surface area contributed by atoms with Gasteiger partial charge in [0, 0.05) is 12.2 Å². The molecule has 1 saturated carbocycles. The van der Waals surface area contributed by atoms with Gasteiger partial charge in [0.15, 0.2) is 0 Å². The lowest BCUT2D eigenvalue weighted by Gasteiger charge is -2.52. The highest BCUT2D eigenvalue weighted by molar-refractivity contribution is 5.29. The first-order valence-corrected chi connectivity index (χ1v) is 7.02. The molecule has 1 heterocycles. The van der Waals surface area contributed by atoms with Crippen LogP contribution in [0, 0.1) is 12.3 Å². The van der Waals surface area contributed by atoms with Gasteiger partial charge in [-0.25, -0.2) is 0 Å². The quantitative estimate of drug-likeness (QED) is 0.875. The van der Waals surface area contributed by atoms with Gasteiger partial charge in [0.2, 0.25) is 0 Å². The third-order valence-electron chi connectivity index (χ3n) is 4.89. The van der Waals surface area contributed by atoms with Crippen LogP contribution in [0.25, 0.3) is 0 Å². The van der Waals surface area contributed by atoms with Crippen LogP contribution in [0.1, 0.15) is 64.6 Å². The predicted octanol–water partition coefficient (Wildman–Crippen LogP) is 3.18. The molecule has 3 atom stereocenters. The molecule has 0 bridgehead atoms. The SMILES string of the molecule is CCC1(C)C(N)CC1c1cn(C(C)(C)C)nc1C. The van der Waals surface area contributed by atoms with Crippen LogP contribution in [0.15, 0.2) is 6.20 Å². The van der Waals surface area contributed by atoms with Gasteiger partial charge in [-0.15, -0.1) is 0 Å². The lowest BCUT2D eigenvalue weighted by molar-refractivity contribution is 0.0701.